The molecule has 4 nitrogen and oxygen atoms in total. The number of carbonyl (C=O) groups excluding carboxylic acids is 1. The van der Waals surface area contributed by atoms with Crippen LogP contribution < -0.4 is 15.4 Å². The molecule has 1 heterocycles. The highest BCUT2D eigenvalue weighted by Crippen LogP contribution is 2.20. The molecular weight excluding hydrogens is 240 g/mol. The van der Waals surface area contributed by atoms with Crippen LogP contribution in [0.4, 0.5) is 0 Å². The van der Waals surface area contributed by atoms with Crippen LogP contribution in [-0.2, 0) is 4.79 Å². The Kier molecular flexibility index (Phi) is 4.80. The third-order valence-electron chi connectivity index (χ3n) is 3.58. The molecule has 4 heteroatoms. The van der Waals surface area contributed by atoms with Crippen LogP contribution in [0.2, 0.25) is 0 Å². The van der Waals surface area contributed by atoms with Gasteiger partial charge in [0.2, 0.25) is 5.91 Å². The second-order valence-corrected chi connectivity index (χ2v) is 5.00. The van der Waals surface area contributed by atoms with Gasteiger partial charge in [-0.05, 0) is 43.9 Å². The summed E-state index contributed by atoms with van der Waals surface area (Å²) in [6, 6.07) is 7.99. The van der Waals surface area contributed by atoms with Crippen LogP contribution in [0.25, 0.3) is 0 Å². The summed E-state index contributed by atoms with van der Waals surface area (Å²) in [5.74, 6) is 0.962. The maximum Gasteiger partial charge on any atom is 0.237 e. The van der Waals surface area contributed by atoms with Gasteiger partial charge in [0.25, 0.3) is 0 Å². The molecule has 1 aliphatic rings. The zero-order valence-electron chi connectivity index (χ0n) is 11.6. The van der Waals surface area contributed by atoms with Gasteiger partial charge in [0.1, 0.15) is 5.75 Å². The van der Waals surface area contributed by atoms with E-state index in [0.29, 0.717) is 0 Å². The molecule has 1 aromatic carbocycles. The Morgan fingerprint density at radius 2 is 2.26 bits per heavy atom. The van der Waals surface area contributed by atoms with Gasteiger partial charge in [0.15, 0.2) is 0 Å². The van der Waals surface area contributed by atoms with Crippen molar-refractivity contribution in [3.8, 4) is 5.75 Å². The molecule has 1 saturated heterocycles. The van der Waals surface area contributed by atoms with Crippen LogP contribution in [0, 0.1) is 0 Å². The van der Waals surface area contributed by atoms with Crippen molar-refractivity contribution in [3.05, 3.63) is 29.8 Å². The van der Waals surface area contributed by atoms with E-state index in [1.54, 1.807) is 7.11 Å². The Morgan fingerprint density at radius 1 is 1.42 bits per heavy atom. The monoisotopic (exact) mass is 262 g/mol. The standard InChI is InChI=1S/C15H22N2O2/c1-11(12-6-5-7-13(10-12)19-2)17-14-8-3-4-9-16-15(14)18/h5-7,10-11,14,17H,3-4,8-9H2,1-2H3,(H,16,18)/t11-,14-/m1/s1. The average Bonchev–Trinajstić information content (AvgIpc) is 2.64. The lowest BCUT2D eigenvalue weighted by atomic mass is 10.0. The highest BCUT2D eigenvalue weighted by Gasteiger charge is 2.22. The molecule has 2 rings (SSSR count). The minimum atomic E-state index is -0.0938. The summed E-state index contributed by atoms with van der Waals surface area (Å²) >= 11 is 0. The maximum atomic E-state index is 11.9. The summed E-state index contributed by atoms with van der Waals surface area (Å²) in [5, 5.41) is 6.36. The quantitative estimate of drug-likeness (QED) is 0.872. The van der Waals surface area contributed by atoms with E-state index in [9.17, 15) is 4.79 Å². The summed E-state index contributed by atoms with van der Waals surface area (Å²) in [5.41, 5.74) is 1.14. The van der Waals surface area contributed by atoms with Crippen LogP contribution in [0.3, 0.4) is 0 Å². The van der Waals surface area contributed by atoms with E-state index in [2.05, 4.69) is 23.6 Å². The second-order valence-electron chi connectivity index (χ2n) is 5.00. The predicted molar refractivity (Wildman–Crippen MR) is 75.2 cm³/mol. The van der Waals surface area contributed by atoms with E-state index in [1.807, 2.05) is 18.2 Å². The lowest BCUT2D eigenvalue weighted by Crippen LogP contribution is -2.43. The third-order valence-corrected chi connectivity index (χ3v) is 3.58. The molecule has 1 aliphatic heterocycles. The highest BCUT2D eigenvalue weighted by atomic mass is 16.5. The van der Waals surface area contributed by atoms with Crippen LogP contribution >= 0.6 is 0 Å². The van der Waals surface area contributed by atoms with E-state index in [0.717, 1.165) is 37.1 Å². The van der Waals surface area contributed by atoms with Crippen molar-refractivity contribution >= 4 is 5.91 Å². The highest BCUT2D eigenvalue weighted by molar-refractivity contribution is 5.81. The molecule has 104 valence electrons. The topological polar surface area (TPSA) is 50.4 Å². The Bertz CT molecular complexity index is 434. The van der Waals surface area contributed by atoms with Crippen LogP contribution in [0.1, 0.15) is 37.8 Å². The van der Waals surface area contributed by atoms with Gasteiger partial charge in [-0.3, -0.25) is 10.1 Å². The minimum Gasteiger partial charge on any atom is -0.497 e. The number of hydrogen-bond donors (Lipinski definition) is 2. The average molecular weight is 262 g/mol. The molecule has 0 aromatic heterocycles. The minimum absolute atomic E-state index is 0.0938. The number of carbonyl (C=O) groups is 1. The second kappa shape index (κ2) is 6.57. The van der Waals surface area contributed by atoms with Gasteiger partial charge in [-0.15, -0.1) is 0 Å². The molecule has 2 N–H and O–H groups in total. The lowest BCUT2D eigenvalue weighted by molar-refractivity contribution is -0.123. The zero-order chi connectivity index (χ0) is 13.7. The fourth-order valence-corrected chi connectivity index (χ4v) is 2.41. The Morgan fingerprint density at radius 3 is 3.05 bits per heavy atom. The van der Waals surface area contributed by atoms with Crippen LogP contribution in [0.5, 0.6) is 5.75 Å². The van der Waals surface area contributed by atoms with Crippen molar-refractivity contribution in [2.75, 3.05) is 13.7 Å². The summed E-state index contributed by atoms with van der Waals surface area (Å²) in [4.78, 5) is 11.9. The molecule has 1 amide bonds. The number of amides is 1. The summed E-state index contributed by atoms with van der Waals surface area (Å²) in [6.45, 7) is 2.87. The van der Waals surface area contributed by atoms with Gasteiger partial charge in [-0.2, -0.15) is 0 Å². The fourth-order valence-electron chi connectivity index (χ4n) is 2.41. The molecule has 1 aromatic rings. The predicted octanol–water partition coefficient (Wildman–Crippen LogP) is 2.01. The zero-order valence-corrected chi connectivity index (χ0v) is 11.6. The number of nitrogens with one attached hydrogen (secondary N) is 2. The van der Waals surface area contributed by atoms with E-state index in [-0.39, 0.29) is 18.0 Å². The van der Waals surface area contributed by atoms with Crippen molar-refractivity contribution in [3.63, 3.8) is 0 Å². The molecule has 0 radical (unpaired) electrons. The fraction of sp³-hybridized carbons (Fsp3) is 0.533. The first-order valence-electron chi connectivity index (χ1n) is 6.88. The van der Waals surface area contributed by atoms with Crippen molar-refractivity contribution in [2.45, 2.75) is 38.3 Å². The first kappa shape index (κ1) is 13.9. The first-order valence-corrected chi connectivity index (χ1v) is 6.88. The van der Waals surface area contributed by atoms with Gasteiger partial charge >= 0.3 is 0 Å². The molecule has 2 atom stereocenters. The summed E-state index contributed by atoms with van der Waals surface area (Å²) in [6.07, 6.45) is 3.05. The summed E-state index contributed by atoms with van der Waals surface area (Å²) in [7, 11) is 1.66. The van der Waals surface area contributed by atoms with E-state index < -0.39 is 0 Å². The van der Waals surface area contributed by atoms with Gasteiger partial charge < -0.3 is 10.1 Å². The molecule has 1 fully saturated rings. The van der Waals surface area contributed by atoms with Gasteiger partial charge in [0.05, 0.1) is 13.2 Å². The molecule has 0 bridgehead atoms. The van der Waals surface area contributed by atoms with Gasteiger partial charge in [-0.1, -0.05) is 12.1 Å². The number of hydrogen-bond acceptors (Lipinski definition) is 3. The first-order chi connectivity index (χ1) is 9.20. The number of benzene rings is 1. The van der Waals surface area contributed by atoms with Gasteiger partial charge in [0, 0.05) is 12.6 Å². The Balaban J connectivity index is 2.02. The van der Waals surface area contributed by atoms with E-state index >= 15 is 0 Å². The lowest BCUT2D eigenvalue weighted by Gasteiger charge is -2.21. The number of methoxy groups -OCH3 is 1. The molecule has 19 heavy (non-hydrogen) atoms. The molecule has 0 saturated carbocycles. The maximum absolute atomic E-state index is 11.9. The van der Waals surface area contributed by atoms with Crippen LogP contribution in [-0.4, -0.2) is 25.6 Å². The van der Waals surface area contributed by atoms with Crippen molar-refractivity contribution in [1.82, 2.24) is 10.6 Å². The largest absolute Gasteiger partial charge is 0.497 e. The molecular formula is C15H22N2O2. The smallest absolute Gasteiger partial charge is 0.237 e. The third kappa shape index (κ3) is 3.70. The van der Waals surface area contributed by atoms with Gasteiger partial charge in [-0.25, -0.2) is 0 Å². The van der Waals surface area contributed by atoms with E-state index in [4.69, 9.17) is 4.74 Å². The van der Waals surface area contributed by atoms with Crippen LogP contribution in [0.15, 0.2) is 24.3 Å². The normalized spacial score (nSPS) is 21.4. The van der Waals surface area contributed by atoms with Crippen molar-refractivity contribution in [1.29, 1.82) is 0 Å². The molecule has 0 spiro atoms. The summed E-state index contributed by atoms with van der Waals surface area (Å²) < 4.78 is 5.23. The Hall–Kier alpha value is -1.55. The van der Waals surface area contributed by atoms with Crippen molar-refractivity contribution < 1.29 is 9.53 Å². The number of rotatable bonds is 4. The van der Waals surface area contributed by atoms with E-state index in [1.165, 1.54) is 0 Å². The Labute approximate surface area is 114 Å². The molecule has 0 unspecified atom stereocenters. The molecule has 0 aliphatic carbocycles. The SMILES string of the molecule is COc1cccc([C@@H](C)N[C@@H]2CCCCNC2=O)c1. The van der Waals surface area contributed by atoms with Crippen molar-refractivity contribution in [2.24, 2.45) is 0 Å². The number of ether oxygens (including phenoxy) is 1.